The number of hydrogen-bond donors (Lipinski definition) is 1. The summed E-state index contributed by atoms with van der Waals surface area (Å²) in [5, 5.41) is 7.22. The first kappa shape index (κ1) is 17.0. The third-order valence-corrected chi connectivity index (χ3v) is 5.85. The number of amides is 1. The van der Waals surface area contributed by atoms with Crippen LogP contribution in [0.25, 0.3) is 0 Å². The predicted octanol–water partition coefficient (Wildman–Crippen LogP) is 2.65. The Labute approximate surface area is 149 Å². The van der Waals surface area contributed by atoms with E-state index in [-0.39, 0.29) is 5.91 Å². The molecule has 0 spiro atoms. The molecule has 25 heavy (non-hydrogen) atoms. The van der Waals surface area contributed by atoms with Crippen molar-refractivity contribution in [2.24, 2.45) is 5.92 Å². The van der Waals surface area contributed by atoms with E-state index in [0.717, 1.165) is 37.7 Å². The number of aromatic nitrogens is 2. The van der Waals surface area contributed by atoms with Crippen molar-refractivity contribution in [3.05, 3.63) is 11.7 Å². The molecular weight excluding hydrogens is 316 g/mol. The lowest BCUT2D eigenvalue weighted by Crippen LogP contribution is -2.37. The van der Waals surface area contributed by atoms with E-state index in [1.54, 1.807) is 0 Å². The molecule has 6 heteroatoms. The normalized spacial score (nSPS) is 24.9. The number of nitrogens with zero attached hydrogens (tertiary/aromatic N) is 3. The van der Waals surface area contributed by atoms with E-state index in [2.05, 4.69) is 20.4 Å². The van der Waals surface area contributed by atoms with Gasteiger partial charge >= 0.3 is 0 Å². The average molecular weight is 346 g/mol. The first-order chi connectivity index (χ1) is 12.3. The fraction of sp³-hybridized carbons (Fsp3) is 0.842. The van der Waals surface area contributed by atoms with Crippen molar-refractivity contribution < 1.29 is 9.32 Å². The maximum atomic E-state index is 12.2. The summed E-state index contributed by atoms with van der Waals surface area (Å²) in [4.78, 5) is 19.1. The average Bonchev–Trinajstić information content (AvgIpc) is 3.00. The van der Waals surface area contributed by atoms with Crippen LogP contribution in [-0.2, 0) is 11.2 Å². The van der Waals surface area contributed by atoms with E-state index in [4.69, 9.17) is 4.52 Å². The summed E-state index contributed by atoms with van der Waals surface area (Å²) >= 11 is 0. The van der Waals surface area contributed by atoms with Crippen molar-refractivity contribution in [2.75, 3.05) is 19.6 Å². The molecule has 4 rings (SSSR count). The maximum absolute atomic E-state index is 12.2. The summed E-state index contributed by atoms with van der Waals surface area (Å²) in [5.74, 6) is 3.11. The number of carbonyl (C=O) groups is 1. The highest BCUT2D eigenvalue weighted by molar-refractivity contribution is 5.76. The van der Waals surface area contributed by atoms with Gasteiger partial charge in [0.25, 0.3) is 0 Å². The fourth-order valence-corrected chi connectivity index (χ4v) is 4.25. The van der Waals surface area contributed by atoms with Crippen LogP contribution in [0.15, 0.2) is 4.52 Å². The van der Waals surface area contributed by atoms with E-state index < -0.39 is 0 Å². The van der Waals surface area contributed by atoms with Crippen LogP contribution in [0.5, 0.6) is 0 Å². The minimum Gasteiger partial charge on any atom is -0.352 e. The lowest BCUT2D eigenvalue weighted by atomic mass is 10.1. The molecule has 1 aliphatic heterocycles. The van der Waals surface area contributed by atoms with Gasteiger partial charge in [-0.05, 0) is 44.4 Å². The number of likely N-dealkylation sites (tertiary alicyclic amines) is 1. The van der Waals surface area contributed by atoms with Crippen molar-refractivity contribution in [3.8, 4) is 0 Å². The lowest BCUT2D eigenvalue weighted by Gasteiger charge is -2.20. The molecule has 1 aromatic heterocycles. The molecule has 1 aromatic rings. The molecule has 1 saturated heterocycles. The van der Waals surface area contributed by atoms with Gasteiger partial charge in [-0.1, -0.05) is 18.0 Å². The summed E-state index contributed by atoms with van der Waals surface area (Å²) in [7, 11) is 0. The molecule has 0 aromatic carbocycles. The van der Waals surface area contributed by atoms with Crippen molar-refractivity contribution in [1.29, 1.82) is 0 Å². The molecule has 0 bridgehead atoms. The Morgan fingerprint density at radius 1 is 1.20 bits per heavy atom. The molecule has 1 N–H and O–H groups in total. The number of carbonyl (C=O) groups excluding carboxylic acids is 1. The second kappa shape index (κ2) is 7.85. The Morgan fingerprint density at radius 3 is 2.84 bits per heavy atom. The minimum absolute atomic E-state index is 0.162. The van der Waals surface area contributed by atoms with E-state index >= 15 is 0 Å². The Morgan fingerprint density at radius 2 is 2.04 bits per heavy atom. The largest absolute Gasteiger partial charge is 0.352 e. The smallest absolute Gasteiger partial charge is 0.226 e. The summed E-state index contributed by atoms with van der Waals surface area (Å²) in [6.07, 6.45) is 11.1. The van der Waals surface area contributed by atoms with Crippen LogP contribution in [0.1, 0.15) is 75.4 Å². The SMILES string of the molecule is O=C(CCCc1nc(C2CC2)no1)N[C@H]1CCN(CC2CCCC2)C1. The van der Waals surface area contributed by atoms with Crippen LogP contribution >= 0.6 is 0 Å². The topological polar surface area (TPSA) is 71.3 Å². The monoisotopic (exact) mass is 346 g/mol. The van der Waals surface area contributed by atoms with Gasteiger partial charge < -0.3 is 14.7 Å². The Hall–Kier alpha value is -1.43. The summed E-state index contributed by atoms with van der Waals surface area (Å²) in [6.45, 7) is 3.39. The zero-order chi connectivity index (χ0) is 17.1. The van der Waals surface area contributed by atoms with Gasteiger partial charge in [0.05, 0.1) is 0 Å². The van der Waals surface area contributed by atoms with Gasteiger partial charge in [-0.2, -0.15) is 4.98 Å². The van der Waals surface area contributed by atoms with Gasteiger partial charge in [-0.15, -0.1) is 0 Å². The number of hydrogen-bond acceptors (Lipinski definition) is 5. The first-order valence-electron chi connectivity index (χ1n) is 10.1. The van der Waals surface area contributed by atoms with Crippen LogP contribution in [0.3, 0.4) is 0 Å². The van der Waals surface area contributed by atoms with Crippen molar-refractivity contribution in [2.45, 2.75) is 76.2 Å². The van der Waals surface area contributed by atoms with Crippen LogP contribution in [0, 0.1) is 5.92 Å². The van der Waals surface area contributed by atoms with Gasteiger partial charge in [0.1, 0.15) is 0 Å². The van der Waals surface area contributed by atoms with Crippen LogP contribution in [0.4, 0.5) is 0 Å². The fourth-order valence-electron chi connectivity index (χ4n) is 4.25. The van der Waals surface area contributed by atoms with Gasteiger partial charge in [0, 0.05) is 44.4 Å². The molecule has 6 nitrogen and oxygen atoms in total. The van der Waals surface area contributed by atoms with Gasteiger partial charge in [-0.25, -0.2) is 0 Å². The molecule has 2 aliphatic carbocycles. The van der Waals surface area contributed by atoms with Crippen molar-refractivity contribution in [1.82, 2.24) is 20.4 Å². The Bertz CT molecular complexity index is 578. The molecule has 2 heterocycles. The second-order valence-electron chi connectivity index (χ2n) is 8.14. The third kappa shape index (κ3) is 4.81. The second-order valence-corrected chi connectivity index (χ2v) is 8.14. The van der Waals surface area contributed by atoms with Gasteiger partial charge in [0.15, 0.2) is 5.82 Å². The predicted molar refractivity (Wildman–Crippen MR) is 94.2 cm³/mol. The molecular formula is C19H30N4O2. The summed E-state index contributed by atoms with van der Waals surface area (Å²) in [5.41, 5.74) is 0. The maximum Gasteiger partial charge on any atom is 0.226 e. The molecule has 0 radical (unpaired) electrons. The van der Waals surface area contributed by atoms with E-state index in [9.17, 15) is 4.79 Å². The number of aryl methyl sites for hydroxylation is 1. The number of nitrogens with one attached hydrogen (secondary N) is 1. The third-order valence-electron chi connectivity index (χ3n) is 5.85. The highest BCUT2D eigenvalue weighted by Crippen LogP contribution is 2.38. The summed E-state index contributed by atoms with van der Waals surface area (Å²) < 4.78 is 5.26. The van der Waals surface area contributed by atoms with E-state index in [1.807, 2.05) is 0 Å². The highest BCUT2D eigenvalue weighted by Gasteiger charge is 2.29. The van der Waals surface area contributed by atoms with Crippen molar-refractivity contribution >= 4 is 5.91 Å². The zero-order valence-electron chi connectivity index (χ0n) is 15.1. The van der Waals surface area contributed by atoms with Crippen LogP contribution in [-0.4, -0.2) is 46.6 Å². The molecule has 1 atom stereocenters. The van der Waals surface area contributed by atoms with Gasteiger partial charge in [0.2, 0.25) is 11.8 Å². The van der Waals surface area contributed by atoms with Crippen LogP contribution in [0.2, 0.25) is 0 Å². The molecule has 2 saturated carbocycles. The summed E-state index contributed by atoms with van der Waals surface area (Å²) in [6, 6.07) is 0.332. The first-order valence-corrected chi connectivity index (χ1v) is 10.1. The van der Waals surface area contributed by atoms with Crippen LogP contribution < -0.4 is 5.32 Å². The highest BCUT2D eigenvalue weighted by atomic mass is 16.5. The quantitative estimate of drug-likeness (QED) is 0.783. The van der Waals surface area contributed by atoms with Gasteiger partial charge in [-0.3, -0.25) is 4.79 Å². The van der Waals surface area contributed by atoms with E-state index in [1.165, 1.54) is 45.1 Å². The Kier molecular flexibility index (Phi) is 5.34. The molecule has 3 fully saturated rings. The van der Waals surface area contributed by atoms with Crippen molar-refractivity contribution in [3.63, 3.8) is 0 Å². The molecule has 3 aliphatic rings. The van der Waals surface area contributed by atoms with E-state index in [0.29, 0.717) is 30.7 Å². The number of rotatable bonds is 8. The zero-order valence-corrected chi connectivity index (χ0v) is 15.1. The lowest BCUT2D eigenvalue weighted by molar-refractivity contribution is -0.121. The molecule has 0 unspecified atom stereocenters. The minimum atomic E-state index is 0.162. The Balaban J connectivity index is 1.11. The molecule has 138 valence electrons. The standard InChI is InChI=1S/C19H30N4O2/c24-17(6-3-7-18-21-19(22-25-18)15-8-9-15)20-16-10-11-23(13-16)12-14-4-1-2-5-14/h14-16H,1-13H2,(H,20,24)/t16-/m0/s1. The molecule has 1 amide bonds.